The van der Waals surface area contributed by atoms with Crippen LogP contribution in [-0.4, -0.2) is 25.6 Å². The summed E-state index contributed by atoms with van der Waals surface area (Å²) in [5.74, 6) is 1.57. The Morgan fingerprint density at radius 3 is 2.86 bits per heavy atom. The first-order valence-corrected chi connectivity index (χ1v) is 7.58. The highest BCUT2D eigenvalue weighted by Gasteiger charge is 2.14. The third-order valence-corrected chi connectivity index (χ3v) is 3.94. The predicted molar refractivity (Wildman–Crippen MR) is 86.6 cm³/mol. The van der Waals surface area contributed by atoms with Gasteiger partial charge in [0, 0.05) is 17.7 Å². The molecule has 1 aliphatic carbocycles. The first kappa shape index (κ1) is 13.0. The number of hydrogen-bond acceptors (Lipinski definition) is 4. The Balaban J connectivity index is 1.75. The Labute approximate surface area is 128 Å². The molecule has 0 aliphatic heterocycles. The first-order valence-electron chi connectivity index (χ1n) is 7.58. The van der Waals surface area contributed by atoms with Crippen LogP contribution in [0.3, 0.4) is 0 Å². The number of fused-ring (bicyclic) bond motifs is 1. The summed E-state index contributed by atoms with van der Waals surface area (Å²) in [5.41, 5.74) is 1.99. The summed E-state index contributed by atoms with van der Waals surface area (Å²) in [4.78, 5) is 8.84. The Bertz CT molecular complexity index is 806. The Morgan fingerprint density at radius 1 is 1.14 bits per heavy atom. The lowest BCUT2D eigenvalue weighted by Crippen LogP contribution is -2.22. The van der Waals surface area contributed by atoms with Crippen molar-refractivity contribution in [3.05, 3.63) is 54.9 Å². The van der Waals surface area contributed by atoms with Crippen LogP contribution in [0.4, 0.5) is 5.82 Å². The molecule has 22 heavy (non-hydrogen) atoms. The summed E-state index contributed by atoms with van der Waals surface area (Å²) >= 11 is 0. The Kier molecular flexibility index (Phi) is 3.31. The van der Waals surface area contributed by atoms with Gasteiger partial charge in [0.2, 0.25) is 0 Å². The summed E-state index contributed by atoms with van der Waals surface area (Å²) in [6.45, 7) is 0. The van der Waals surface area contributed by atoms with E-state index in [1.807, 2.05) is 18.2 Å². The molecule has 1 aromatic carbocycles. The Morgan fingerprint density at radius 2 is 2.05 bits per heavy atom. The van der Waals surface area contributed by atoms with Crippen molar-refractivity contribution >= 4 is 11.6 Å². The molecule has 0 bridgehead atoms. The number of nitrogens with one attached hydrogen (secondary N) is 1. The van der Waals surface area contributed by atoms with E-state index in [-0.39, 0.29) is 0 Å². The molecule has 110 valence electrons. The minimum atomic E-state index is 0.434. The lowest BCUT2D eigenvalue weighted by molar-refractivity contribution is 0.638. The van der Waals surface area contributed by atoms with E-state index < -0.39 is 0 Å². The number of benzene rings is 1. The second kappa shape index (κ2) is 5.60. The van der Waals surface area contributed by atoms with Crippen molar-refractivity contribution in [3.8, 4) is 11.3 Å². The zero-order chi connectivity index (χ0) is 14.8. The summed E-state index contributed by atoms with van der Waals surface area (Å²) in [7, 11) is 0. The molecule has 0 saturated carbocycles. The normalized spacial score (nSPS) is 17.7. The lowest BCUT2D eigenvalue weighted by Gasteiger charge is -2.21. The van der Waals surface area contributed by atoms with Gasteiger partial charge in [0.15, 0.2) is 0 Å². The molecule has 2 aromatic heterocycles. The number of rotatable bonds is 3. The topological polar surface area (TPSA) is 55.1 Å². The van der Waals surface area contributed by atoms with Crippen LogP contribution in [0.5, 0.6) is 0 Å². The minimum Gasteiger partial charge on any atom is -0.367 e. The fraction of sp³-hybridized carbons (Fsp3) is 0.235. The molecular weight excluding hydrogens is 274 g/mol. The fourth-order valence-electron chi connectivity index (χ4n) is 2.81. The summed E-state index contributed by atoms with van der Waals surface area (Å²) in [6, 6.07) is 12.6. The smallest absolute Gasteiger partial charge is 0.254 e. The van der Waals surface area contributed by atoms with Gasteiger partial charge in [-0.2, -0.15) is 14.6 Å². The van der Waals surface area contributed by atoms with Crippen LogP contribution in [0.2, 0.25) is 0 Å². The van der Waals surface area contributed by atoms with Crippen LogP contribution < -0.4 is 5.32 Å². The van der Waals surface area contributed by atoms with Crippen LogP contribution in [0, 0.1) is 0 Å². The van der Waals surface area contributed by atoms with E-state index in [0.717, 1.165) is 36.3 Å². The lowest BCUT2D eigenvalue weighted by atomic mass is 10.0. The van der Waals surface area contributed by atoms with Crippen molar-refractivity contribution in [2.24, 2.45) is 0 Å². The molecule has 0 fully saturated rings. The van der Waals surface area contributed by atoms with Crippen molar-refractivity contribution < 1.29 is 0 Å². The van der Waals surface area contributed by atoms with E-state index in [4.69, 9.17) is 0 Å². The van der Waals surface area contributed by atoms with E-state index in [1.165, 1.54) is 0 Å². The standard InChI is InChI=1S/C17H17N5/c1-3-7-13(8-4-1)15-11-16(20-14-9-5-2-6-10-14)22-17(21-15)18-12-19-22/h1-5,7-8,11-12,14,20H,6,9-10H2. The van der Waals surface area contributed by atoms with Crippen molar-refractivity contribution in [3.63, 3.8) is 0 Å². The molecule has 0 radical (unpaired) electrons. The highest BCUT2D eigenvalue weighted by Crippen LogP contribution is 2.23. The van der Waals surface area contributed by atoms with Crippen molar-refractivity contribution in [2.45, 2.75) is 25.3 Å². The maximum Gasteiger partial charge on any atom is 0.254 e. The largest absolute Gasteiger partial charge is 0.367 e. The van der Waals surface area contributed by atoms with Crippen LogP contribution in [0.25, 0.3) is 17.0 Å². The quantitative estimate of drug-likeness (QED) is 0.752. The molecule has 5 nitrogen and oxygen atoms in total. The molecule has 2 heterocycles. The monoisotopic (exact) mass is 291 g/mol. The molecule has 1 aliphatic rings. The predicted octanol–water partition coefficient (Wildman–Crippen LogP) is 3.31. The molecule has 0 saturated heterocycles. The Hall–Kier alpha value is -2.69. The molecule has 0 amide bonds. The number of nitrogens with zero attached hydrogens (tertiary/aromatic N) is 4. The van der Waals surface area contributed by atoms with Crippen LogP contribution >= 0.6 is 0 Å². The maximum absolute atomic E-state index is 4.59. The fourth-order valence-corrected chi connectivity index (χ4v) is 2.81. The number of aromatic nitrogens is 4. The molecule has 5 heteroatoms. The third-order valence-electron chi connectivity index (χ3n) is 3.94. The van der Waals surface area contributed by atoms with Crippen LogP contribution in [0.1, 0.15) is 19.3 Å². The minimum absolute atomic E-state index is 0.434. The van der Waals surface area contributed by atoms with Gasteiger partial charge < -0.3 is 5.32 Å². The molecule has 0 spiro atoms. The van der Waals surface area contributed by atoms with Crippen molar-refractivity contribution in [1.82, 2.24) is 19.6 Å². The zero-order valence-electron chi connectivity index (χ0n) is 12.2. The number of anilines is 1. The SMILES string of the molecule is C1=CCC(Nc2cc(-c3ccccc3)nc3ncnn23)CC1. The van der Waals surface area contributed by atoms with E-state index in [0.29, 0.717) is 11.8 Å². The van der Waals surface area contributed by atoms with Gasteiger partial charge in [-0.25, -0.2) is 4.98 Å². The zero-order valence-corrected chi connectivity index (χ0v) is 12.2. The average molecular weight is 291 g/mol. The van der Waals surface area contributed by atoms with Gasteiger partial charge in [-0.1, -0.05) is 42.5 Å². The highest BCUT2D eigenvalue weighted by molar-refractivity contribution is 5.65. The van der Waals surface area contributed by atoms with E-state index in [1.54, 1.807) is 10.8 Å². The van der Waals surface area contributed by atoms with Crippen LogP contribution in [-0.2, 0) is 0 Å². The third kappa shape index (κ3) is 2.45. The van der Waals surface area contributed by atoms with Crippen LogP contribution in [0.15, 0.2) is 54.9 Å². The summed E-state index contributed by atoms with van der Waals surface area (Å²) in [5, 5.41) is 7.87. The average Bonchev–Trinajstić information content (AvgIpc) is 3.05. The molecule has 1 N–H and O–H groups in total. The summed E-state index contributed by atoms with van der Waals surface area (Å²) < 4.78 is 1.77. The second-order valence-corrected chi connectivity index (χ2v) is 5.49. The molecular formula is C17H17N5. The summed E-state index contributed by atoms with van der Waals surface area (Å²) in [6.07, 6.45) is 9.32. The molecule has 3 aromatic rings. The first-order chi connectivity index (χ1) is 10.9. The molecule has 4 rings (SSSR count). The van der Waals surface area contributed by atoms with E-state index >= 15 is 0 Å². The van der Waals surface area contributed by atoms with Gasteiger partial charge in [-0.3, -0.25) is 0 Å². The van der Waals surface area contributed by atoms with Gasteiger partial charge in [0.25, 0.3) is 5.78 Å². The van der Waals surface area contributed by atoms with Gasteiger partial charge in [0.1, 0.15) is 12.1 Å². The number of allylic oxidation sites excluding steroid dienone is 1. The second-order valence-electron chi connectivity index (χ2n) is 5.49. The van der Waals surface area contributed by atoms with E-state index in [9.17, 15) is 0 Å². The van der Waals surface area contributed by atoms with Gasteiger partial charge in [0.05, 0.1) is 5.69 Å². The van der Waals surface area contributed by atoms with Gasteiger partial charge in [-0.15, -0.1) is 0 Å². The van der Waals surface area contributed by atoms with Crippen molar-refractivity contribution in [1.29, 1.82) is 0 Å². The maximum atomic E-state index is 4.59. The highest BCUT2D eigenvalue weighted by atomic mass is 15.4. The van der Waals surface area contributed by atoms with Gasteiger partial charge in [-0.05, 0) is 19.3 Å². The number of hydrogen-bond donors (Lipinski definition) is 1. The molecule has 1 unspecified atom stereocenters. The van der Waals surface area contributed by atoms with Gasteiger partial charge >= 0.3 is 0 Å². The van der Waals surface area contributed by atoms with Crippen molar-refractivity contribution in [2.75, 3.05) is 5.32 Å². The molecule has 1 atom stereocenters. The van der Waals surface area contributed by atoms with E-state index in [2.05, 4.69) is 50.7 Å².